The maximum atomic E-state index is 15.2. The number of rotatable bonds is 24. The second kappa shape index (κ2) is 32.0. The number of aryl methyl sites for hydroxylation is 3. The van der Waals surface area contributed by atoms with E-state index in [4.69, 9.17) is 66.3 Å². The number of methoxy groups -OCH3 is 1. The molecule has 3 fully saturated rings. The van der Waals surface area contributed by atoms with Crippen molar-refractivity contribution in [2.45, 2.75) is 147 Å². The summed E-state index contributed by atoms with van der Waals surface area (Å²) in [5, 5.41) is 3.58. The van der Waals surface area contributed by atoms with Gasteiger partial charge in [0, 0.05) is 45.8 Å². The first-order valence-electron chi connectivity index (χ1n) is 31.7. The van der Waals surface area contributed by atoms with Crippen LogP contribution in [0.2, 0.25) is 0 Å². The van der Waals surface area contributed by atoms with Crippen LogP contribution in [0.5, 0.6) is 0 Å². The summed E-state index contributed by atoms with van der Waals surface area (Å²) in [6, 6.07) is 25.1. The summed E-state index contributed by atoms with van der Waals surface area (Å²) in [5.74, 6) is -12.8. The highest BCUT2D eigenvalue weighted by molar-refractivity contribution is 6.22. The Kier molecular flexibility index (Phi) is 23.1. The Balaban J connectivity index is 1.16. The standard InChI is InChI=1S/C70H69N5O26/c1-34-18-24-41(25-19-34)64(84)97-56-57(98-65(85)42-26-20-35(2)21-27-42)59(99-66(86)43-28-22-36(3)23-29-43)70(101-58(56)67(87)88-8)100-55-51(75-62(82)46-16-11-12-17-47(46)63(75)83)68(89-31-13-30-72-73-71)95-49(53(55)93-39(6)78)33-91-69-50(74-60(80)44-14-9-10-15-45(44)61(74)81)54(94-40(7)79)52(92-38(5)77)48(96-69)32-90-37(4)76/h9-12,14-29,48-59,68-70H,13,30-33H2,1-8H3/t48-,49-,50-,51-,52+,53+,54-,55-,56+,57+,58+,59-,68-,69-,70-/m1/s1. The first kappa shape index (κ1) is 72.9. The third-order valence-corrected chi connectivity index (χ3v) is 16.8. The number of hydrogen-bond acceptors (Lipinski definition) is 27. The van der Waals surface area contributed by atoms with E-state index >= 15 is 9.59 Å². The molecule has 0 radical (unpaired) electrons. The number of esters is 8. The van der Waals surface area contributed by atoms with Crippen LogP contribution in [0.15, 0.2) is 126 Å². The second-order valence-electron chi connectivity index (χ2n) is 23.9. The number of imide groups is 2. The molecule has 0 aliphatic carbocycles. The number of benzene rings is 5. The van der Waals surface area contributed by atoms with Crippen molar-refractivity contribution in [1.29, 1.82) is 0 Å². The molecule has 0 saturated carbocycles. The Morgan fingerprint density at radius 2 is 0.851 bits per heavy atom. The predicted molar refractivity (Wildman–Crippen MR) is 339 cm³/mol. The zero-order valence-corrected chi connectivity index (χ0v) is 55.6. The van der Waals surface area contributed by atoms with E-state index in [9.17, 15) is 53.5 Å². The summed E-state index contributed by atoms with van der Waals surface area (Å²) in [6.07, 6.45) is -27.0. The van der Waals surface area contributed by atoms with Gasteiger partial charge in [0.2, 0.25) is 0 Å². The monoisotopic (exact) mass is 1400 g/mol. The fourth-order valence-electron chi connectivity index (χ4n) is 12.2. The first-order valence-corrected chi connectivity index (χ1v) is 31.7. The zero-order valence-electron chi connectivity index (χ0n) is 55.6. The molecule has 31 nitrogen and oxygen atoms in total. The number of nitrogens with zero attached hydrogens (tertiary/aromatic N) is 5. The van der Waals surface area contributed by atoms with Crippen molar-refractivity contribution in [2.75, 3.05) is 33.5 Å². The number of ether oxygens (including phenoxy) is 14. The maximum Gasteiger partial charge on any atom is 0.339 e. The molecule has 530 valence electrons. The van der Waals surface area contributed by atoms with E-state index in [1.807, 2.05) is 0 Å². The van der Waals surface area contributed by atoms with Gasteiger partial charge in [0.25, 0.3) is 23.6 Å². The van der Waals surface area contributed by atoms with Crippen LogP contribution in [0, 0.1) is 20.8 Å². The Bertz CT molecular complexity index is 4000. The van der Waals surface area contributed by atoms with E-state index in [2.05, 4.69) is 10.0 Å². The summed E-state index contributed by atoms with van der Waals surface area (Å²) in [6.45, 7) is 6.78. The van der Waals surface area contributed by atoms with Crippen LogP contribution in [0.1, 0.15) is 123 Å². The molecule has 4 amide bonds. The van der Waals surface area contributed by atoms with E-state index in [1.165, 1.54) is 84.9 Å². The van der Waals surface area contributed by atoms with E-state index in [0.717, 1.165) is 40.4 Å². The number of carbonyl (C=O) groups excluding carboxylic acids is 12. The molecule has 31 heteroatoms. The summed E-state index contributed by atoms with van der Waals surface area (Å²) in [4.78, 5) is 175. The highest BCUT2D eigenvalue weighted by Crippen LogP contribution is 2.42. The average Bonchev–Trinajstić information content (AvgIpc) is 1.69. The molecule has 15 atom stereocenters. The van der Waals surface area contributed by atoms with Crippen molar-refractivity contribution in [3.05, 3.63) is 187 Å². The topological polar surface area (TPSA) is 389 Å². The maximum absolute atomic E-state index is 15.2. The molecule has 0 spiro atoms. The van der Waals surface area contributed by atoms with Crippen molar-refractivity contribution in [3.63, 3.8) is 0 Å². The second-order valence-corrected chi connectivity index (χ2v) is 23.9. The highest BCUT2D eigenvalue weighted by atomic mass is 16.8. The molecule has 0 unspecified atom stereocenters. The molecule has 0 aromatic heterocycles. The summed E-state index contributed by atoms with van der Waals surface area (Å²) in [7, 11) is 0.942. The normalized spacial score (nSPS) is 25.9. The Hall–Kier alpha value is -10.8. The lowest BCUT2D eigenvalue weighted by Gasteiger charge is -2.51. The van der Waals surface area contributed by atoms with Crippen LogP contribution >= 0.6 is 0 Å². The van der Waals surface area contributed by atoms with Crippen molar-refractivity contribution < 1.29 is 124 Å². The van der Waals surface area contributed by atoms with Gasteiger partial charge in [-0.2, -0.15) is 0 Å². The SMILES string of the molecule is COC(=O)[C@H]1O[C@@H](O[C@H]2[C@@H](OC(C)=O)[C@@H](CO[C@@H]3O[C@H](COC(C)=O)[C@H](OC(C)=O)[C@H](OC(C)=O)[C@H]3N3C(=O)c4ccccc4C3=O)O[C@@H](OCCCN=[N+]=[N-])[C@@H]2N2C(=O)c3ccccc3C2=O)[C@H](OC(=O)c2ccc(C)cc2)[C@@H](OC(=O)c2ccc(C)cc2)[C@@H]1OC(=O)c1ccc(C)cc1. The number of hydrogen-bond donors (Lipinski definition) is 0. The first-order chi connectivity index (χ1) is 48.4. The van der Waals surface area contributed by atoms with Crippen LogP contribution < -0.4 is 0 Å². The third-order valence-electron chi connectivity index (χ3n) is 16.8. The Morgan fingerprint density at radius 3 is 1.28 bits per heavy atom. The lowest BCUT2D eigenvalue weighted by molar-refractivity contribution is -0.350. The van der Waals surface area contributed by atoms with Gasteiger partial charge in [0.05, 0.1) is 52.7 Å². The molecule has 5 aromatic rings. The highest BCUT2D eigenvalue weighted by Gasteiger charge is 2.63. The zero-order chi connectivity index (χ0) is 72.5. The molecule has 0 N–H and O–H groups in total. The van der Waals surface area contributed by atoms with Gasteiger partial charge in [0.1, 0.15) is 37.0 Å². The Labute approximate surface area is 575 Å². The van der Waals surface area contributed by atoms with E-state index in [1.54, 1.807) is 57.2 Å². The number of azide groups is 1. The fraction of sp³-hybridized carbons (Fsp3) is 0.400. The minimum absolute atomic E-state index is 0.0805. The van der Waals surface area contributed by atoms with Gasteiger partial charge in [-0.15, -0.1) is 0 Å². The quantitative estimate of drug-likeness (QED) is 0.0135. The van der Waals surface area contributed by atoms with Gasteiger partial charge < -0.3 is 66.3 Å². The summed E-state index contributed by atoms with van der Waals surface area (Å²) >= 11 is 0. The summed E-state index contributed by atoms with van der Waals surface area (Å²) in [5.41, 5.74) is 10.5. The molecule has 5 aliphatic heterocycles. The van der Waals surface area contributed by atoms with Gasteiger partial charge >= 0.3 is 47.8 Å². The van der Waals surface area contributed by atoms with Crippen LogP contribution in [0.25, 0.3) is 10.4 Å². The lowest BCUT2D eigenvalue weighted by atomic mass is 9.93. The third kappa shape index (κ3) is 16.3. The smallest absolute Gasteiger partial charge is 0.339 e. The summed E-state index contributed by atoms with van der Waals surface area (Å²) < 4.78 is 86.9. The van der Waals surface area contributed by atoms with Gasteiger partial charge in [-0.3, -0.25) is 48.2 Å². The Morgan fingerprint density at radius 1 is 0.455 bits per heavy atom. The molecule has 3 saturated heterocycles. The van der Waals surface area contributed by atoms with Gasteiger partial charge in [-0.05, 0) is 93.4 Å². The number of amides is 4. The van der Waals surface area contributed by atoms with Crippen molar-refractivity contribution in [1.82, 2.24) is 9.80 Å². The van der Waals surface area contributed by atoms with E-state index < -0.39 is 183 Å². The van der Waals surface area contributed by atoms with Crippen LogP contribution in [-0.2, 0) is 90.3 Å². The molecule has 10 rings (SSSR count). The molecular weight excluding hydrogens is 1330 g/mol. The number of fused-ring (bicyclic) bond motifs is 2. The van der Waals surface area contributed by atoms with E-state index in [-0.39, 0.29) is 51.9 Å². The van der Waals surface area contributed by atoms with Gasteiger partial charge in [-0.1, -0.05) is 82.5 Å². The van der Waals surface area contributed by atoms with Crippen LogP contribution in [-0.4, -0.2) is 207 Å². The lowest BCUT2D eigenvalue weighted by Crippen LogP contribution is -2.71. The molecule has 5 heterocycles. The van der Waals surface area contributed by atoms with Crippen LogP contribution in [0.3, 0.4) is 0 Å². The average molecular weight is 1400 g/mol. The largest absolute Gasteiger partial charge is 0.467 e. The molecule has 5 aromatic carbocycles. The van der Waals surface area contributed by atoms with Crippen molar-refractivity contribution in [3.8, 4) is 0 Å². The van der Waals surface area contributed by atoms with Gasteiger partial charge in [-0.25, -0.2) is 19.2 Å². The van der Waals surface area contributed by atoms with E-state index in [0.29, 0.717) is 20.9 Å². The van der Waals surface area contributed by atoms with Crippen molar-refractivity contribution in [2.24, 2.45) is 5.11 Å². The molecular formula is C70H69N5O26. The molecule has 101 heavy (non-hydrogen) atoms. The fourth-order valence-corrected chi connectivity index (χ4v) is 12.2. The molecule has 5 aliphatic rings. The minimum Gasteiger partial charge on any atom is -0.467 e. The number of carbonyl (C=O) groups is 12. The minimum atomic E-state index is -2.41. The van der Waals surface area contributed by atoms with Crippen LogP contribution in [0.4, 0.5) is 0 Å². The molecule has 0 bridgehead atoms. The predicted octanol–water partition coefficient (Wildman–Crippen LogP) is 5.74. The van der Waals surface area contributed by atoms with Gasteiger partial charge in [0.15, 0.2) is 61.6 Å². The van der Waals surface area contributed by atoms with Crippen molar-refractivity contribution >= 4 is 71.4 Å².